The predicted molar refractivity (Wildman–Crippen MR) is 43.5 cm³/mol. The van der Waals surface area contributed by atoms with E-state index in [1.54, 1.807) is 12.0 Å². The molecule has 54 valence electrons. The van der Waals surface area contributed by atoms with Crippen LogP contribution in [0.25, 0.3) is 0 Å². The van der Waals surface area contributed by atoms with Gasteiger partial charge < -0.3 is 0 Å². The molecule has 10 heavy (non-hydrogen) atoms. The molecular formula is C9H12O. The fourth-order valence-electron chi connectivity index (χ4n) is 0.490. The average molecular weight is 136 g/mol. The van der Waals surface area contributed by atoms with Crippen LogP contribution >= 0.6 is 0 Å². The van der Waals surface area contributed by atoms with Crippen LogP contribution in [0.15, 0.2) is 29.9 Å². The second-order valence-corrected chi connectivity index (χ2v) is 2.23. The number of hydrogen-bond acceptors (Lipinski definition) is 1. The number of hydrogen-bond donors (Lipinski definition) is 0. The van der Waals surface area contributed by atoms with Crippen LogP contribution in [0.3, 0.4) is 0 Å². The van der Waals surface area contributed by atoms with Crippen LogP contribution in [-0.4, -0.2) is 5.94 Å². The second kappa shape index (κ2) is 6.06. The van der Waals surface area contributed by atoms with Crippen LogP contribution in [0.1, 0.15) is 20.3 Å². The Morgan fingerprint density at radius 2 is 2.20 bits per heavy atom. The zero-order chi connectivity index (χ0) is 7.82. The first kappa shape index (κ1) is 8.93. The van der Waals surface area contributed by atoms with Crippen molar-refractivity contribution in [3.63, 3.8) is 0 Å². The maximum atomic E-state index is 9.65. The molecular weight excluding hydrogens is 124 g/mol. The smallest absolute Gasteiger partial charge is 0.124 e. The van der Waals surface area contributed by atoms with Crippen molar-refractivity contribution in [2.75, 3.05) is 0 Å². The van der Waals surface area contributed by atoms with Crippen LogP contribution in [0.5, 0.6) is 0 Å². The molecule has 0 aromatic rings. The molecule has 0 radical (unpaired) electrons. The Kier molecular flexibility index (Phi) is 5.41. The van der Waals surface area contributed by atoms with Gasteiger partial charge in [0.2, 0.25) is 0 Å². The lowest BCUT2D eigenvalue weighted by atomic mass is 10.2. The quantitative estimate of drug-likeness (QED) is 0.330. The van der Waals surface area contributed by atoms with Gasteiger partial charge in [0.1, 0.15) is 5.94 Å². The Bertz CT molecular complexity index is 177. The molecule has 0 atom stereocenters. The van der Waals surface area contributed by atoms with Crippen molar-refractivity contribution in [1.82, 2.24) is 0 Å². The molecule has 1 nitrogen and oxygen atoms in total. The standard InChI is InChI=1S/C9H12O/c1-9(2)7-5-3-4-6-8-10/h3-4,6-7H,5H2,1-2H3/b4-3-. The zero-order valence-electron chi connectivity index (χ0n) is 6.42. The van der Waals surface area contributed by atoms with Crippen molar-refractivity contribution in [1.29, 1.82) is 0 Å². The predicted octanol–water partition coefficient (Wildman–Crippen LogP) is 2.29. The van der Waals surface area contributed by atoms with E-state index in [0.717, 1.165) is 6.42 Å². The molecule has 0 aromatic heterocycles. The van der Waals surface area contributed by atoms with Crippen molar-refractivity contribution in [2.45, 2.75) is 20.3 Å². The molecule has 0 amide bonds. The Morgan fingerprint density at radius 3 is 2.70 bits per heavy atom. The van der Waals surface area contributed by atoms with Crippen molar-refractivity contribution in [3.8, 4) is 0 Å². The van der Waals surface area contributed by atoms with E-state index in [2.05, 4.69) is 6.08 Å². The van der Waals surface area contributed by atoms with Gasteiger partial charge >= 0.3 is 0 Å². The minimum absolute atomic E-state index is 0.889. The van der Waals surface area contributed by atoms with Crippen LogP contribution in [0.4, 0.5) is 0 Å². The van der Waals surface area contributed by atoms with Gasteiger partial charge in [-0.3, -0.25) is 0 Å². The van der Waals surface area contributed by atoms with E-state index >= 15 is 0 Å². The van der Waals surface area contributed by atoms with Crippen molar-refractivity contribution < 1.29 is 4.79 Å². The molecule has 0 aromatic carbocycles. The third kappa shape index (κ3) is 6.93. The molecule has 0 saturated heterocycles. The summed E-state index contributed by atoms with van der Waals surface area (Å²) >= 11 is 0. The highest BCUT2D eigenvalue weighted by molar-refractivity contribution is 5.48. The van der Waals surface area contributed by atoms with Gasteiger partial charge in [-0.25, -0.2) is 4.79 Å². The van der Waals surface area contributed by atoms with Crippen LogP contribution in [-0.2, 0) is 4.79 Å². The van der Waals surface area contributed by atoms with E-state index in [1.165, 1.54) is 11.6 Å². The van der Waals surface area contributed by atoms with E-state index in [1.807, 2.05) is 19.9 Å². The number of carbonyl (C=O) groups excluding carboxylic acids is 1. The third-order valence-electron chi connectivity index (χ3n) is 0.963. The first-order valence-corrected chi connectivity index (χ1v) is 3.26. The molecule has 0 aliphatic rings. The average Bonchev–Trinajstić information content (AvgIpc) is 1.87. The molecule has 0 rings (SSSR count). The molecule has 0 N–H and O–H groups in total. The summed E-state index contributed by atoms with van der Waals surface area (Å²) in [5.41, 5.74) is 1.29. The summed E-state index contributed by atoms with van der Waals surface area (Å²) in [6, 6.07) is 0. The summed E-state index contributed by atoms with van der Waals surface area (Å²) in [4.78, 5) is 9.65. The van der Waals surface area contributed by atoms with Crippen LogP contribution in [0.2, 0.25) is 0 Å². The second-order valence-electron chi connectivity index (χ2n) is 2.23. The first-order valence-electron chi connectivity index (χ1n) is 3.26. The van der Waals surface area contributed by atoms with Gasteiger partial charge in [0.05, 0.1) is 0 Å². The SMILES string of the molecule is CC(C)=CC/C=C\C=C=O. The molecule has 0 aliphatic heterocycles. The van der Waals surface area contributed by atoms with Gasteiger partial charge in [-0.1, -0.05) is 23.8 Å². The Labute approximate surface area is 61.8 Å². The summed E-state index contributed by atoms with van der Waals surface area (Å²) in [6.45, 7) is 4.09. The van der Waals surface area contributed by atoms with Gasteiger partial charge in [0.25, 0.3) is 0 Å². The topological polar surface area (TPSA) is 17.1 Å². The highest BCUT2D eigenvalue weighted by Crippen LogP contribution is 1.93. The van der Waals surface area contributed by atoms with Crippen molar-refractivity contribution in [3.05, 3.63) is 29.9 Å². The molecule has 0 spiro atoms. The van der Waals surface area contributed by atoms with E-state index in [9.17, 15) is 4.79 Å². The minimum atomic E-state index is 0.889. The fraction of sp³-hybridized carbons (Fsp3) is 0.333. The van der Waals surface area contributed by atoms with Gasteiger partial charge in [-0.15, -0.1) is 0 Å². The van der Waals surface area contributed by atoms with Crippen LogP contribution < -0.4 is 0 Å². The maximum absolute atomic E-state index is 9.65. The van der Waals surface area contributed by atoms with Crippen molar-refractivity contribution in [2.24, 2.45) is 0 Å². The van der Waals surface area contributed by atoms with E-state index in [-0.39, 0.29) is 0 Å². The zero-order valence-corrected chi connectivity index (χ0v) is 6.42. The fourth-order valence-corrected chi connectivity index (χ4v) is 0.490. The highest BCUT2D eigenvalue weighted by atomic mass is 16.1. The normalized spacial score (nSPS) is 9.00. The number of allylic oxidation sites excluding steroid dienone is 5. The highest BCUT2D eigenvalue weighted by Gasteiger charge is 1.72. The van der Waals surface area contributed by atoms with Gasteiger partial charge in [-0.2, -0.15) is 0 Å². The molecule has 0 fully saturated rings. The van der Waals surface area contributed by atoms with E-state index in [4.69, 9.17) is 0 Å². The molecule has 1 heteroatoms. The molecule has 0 heterocycles. The molecule has 0 saturated carbocycles. The lowest BCUT2D eigenvalue weighted by Gasteiger charge is -1.83. The number of rotatable bonds is 3. The Morgan fingerprint density at radius 1 is 1.50 bits per heavy atom. The van der Waals surface area contributed by atoms with E-state index < -0.39 is 0 Å². The van der Waals surface area contributed by atoms with Crippen LogP contribution in [0, 0.1) is 0 Å². The summed E-state index contributed by atoms with van der Waals surface area (Å²) in [6.07, 6.45) is 7.96. The van der Waals surface area contributed by atoms with Gasteiger partial charge in [0, 0.05) is 6.08 Å². The maximum Gasteiger partial charge on any atom is 0.124 e. The lowest BCUT2D eigenvalue weighted by Crippen LogP contribution is -1.62. The monoisotopic (exact) mass is 136 g/mol. The largest absolute Gasteiger partial charge is 0.234 e. The van der Waals surface area contributed by atoms with E-state index in [0.29, 0.717) is 0 Å². The summed E-state index contributed by atoms with van der Waals surface area (Å²) < 4.78 is 0. The van der Waals surface area contributed by atoms with Crippen molar-refractivity contribution >= 4 is 5.94 Å². The summed E-state index contributed by atoms with van der Waals surface area (Å²) in [7, 11) is 0. The molecule has 0 bridgehead atoms. The Balaban J connectivity index is 3.54. The first-order chi connectivity index (χ1) is 4.77. The minimum Gasteiger partial charge on any atom is -0.234 e. The summed E-state index contributed by atoms with van der Waals surface area (Å²) in [5, 5.41) is 0. The lowest BCUT2D eigenvalue weighted by molar-refractivity contribution is 0.569. The molecule has 0 aliphatic carbocycles. The van der Waals surface area contributed by atoms with Gasteiger partial charge in [-0.05, 0) is 20.3 Å². The van der Waals surface area contributed by atoms with Gasteiger partial charge in [0.15, 0.2) is 0 Å². The molecule has 0 unspecified atom stereocenters. The third-order valence-corrected chi connectivity index (χ3v) is 0.963. The Hall–Kier alpha value is -1.07. The summed E-state index contributed by atoms with van der Waals surface area (Å²) in [5.74, 6) is 1.67.